The maximum atomic E-state index is 12.2. The van der Waals surface area contributed by atoms with Crippen LogP contribution in [0.3, 0.4) is 0 Å². The van der Waals surface area contributed by atoms with Crippen LogP contribution in [0, 0.1) is 29.6 Å². The second-order valence-corrected chi connectivity index (χ2v) is 15.9. The molecule has 9 heteroatoms. The molecule has 0 radical (unpaired) electrons. The summed E-state index contributed by atoms with van der Waals surface area (Å²) >= 11 is 0. The van der Waals surface area contributed by atoms with Gasteiger partial charge in [-0.3, -0.25) is 4.79 Å². The molecule has 0 spiro atoms. The summed E-state index contributed by atoms with van der Waals surface area (Å²) in [6, 6.07) is 11.3. The lowest BCUT2D eigenvalue weighted by atomic mass is 9.81. The molecule has 8 N–H and O–H groups in total. The average Bonchev–Trinajstić information content (AvgIpc) is 3.39. The lowest BCUT2D eigenvalue weighted by Crippen LogP contribution is -2.35. The Bertz CT molecular complexity index is 1370. The van der Waals surface area contributed by atoms with Gasteiger partial charge in [-0.15, -0.1) is 0 Å². The number of aliphatic hydroxyl groups excluding tert-OH is 2. The second kappa shape index (κ2) is 20.3. The molecule has 0 aliphatic heterocycles. The molecule has 284 valence electrons. The van der Waals surface area contributed by atoms with Crippen LogP contribution in [-0.4, -0.2) is 66.9 Å². The molecule has 0 bridgehead atoms. The standard InChI is InChI=1S/C42H65N3O6/c1-3-4-6-10-30-15-16-33(39(48)24-30)12-7-5-8-14-37(41(49)50)38(47)17-19-42(51)26-34(22-32-18-20-44-40(43)25-32)35(27-42)28-45-29(2)21-31-11-9-13-36(46)23-31/h9,11,13,15-16,18,20,23,25,29-30,33-35,37-39,45-48,51H,3-8,10,12,14,17,19,21-22,24,26-28H2,1-2H3,(H2,43,44)(H,49,50)/t29-,30-,33-,34-,35+,37+,38-,39-,42-/m1/s1. The van der Waals surface area contributed by atoms with Crippen molar-refractivity contribution in [1.29, 1.82) is 0 Å². The number of carboxylic acids is 1. The van der Waals surface area contributed by atoms with Crippen LogP contribution in [0.15, 0.2) is 54.7 Å². The highest BCUT2D eigenvalue weighted by Crippen LogP contribution is 2.44. The Hall–Kier alpha value is -2.98. The molecular formula is C42H65N3O6. The number of unbranched alkanes of at least 4 members (excludes halogenated alkanes) is 4. The lowest BCUT2D eigenvalue weighted by molar-refractivity contribution is -0.146. The third kappa shape index (κ3) is 13.5. The van der Waals surface area contributed by atoms with Gasteiger partial charge in [-0.05, 0) is 131 Å². The fourth-order valence-electron chi connectivity index (χ4n) is 8.63. The molecular weight excluding hydrogens is 642 g/mol. The minimum absolute atomic E-state index is 0.160. The third-order valence-electron chi connectivity index (χ3n) is 11.6. The summed E-state index contributed by atoms with van der Waals surface area (Å²) in [5, 5.41) is 57.2. The van der Waals surface area contributed by atoms with Gasteiger partial charge in [0.2, 0.25) is 0 Å². The van der Waals surface area contributed by atoms with E-state index in [0.717, 1.165) is 56.1 Å². The molecule has 1 aromatic heterocycles. The first-order chi connectivity index (χ1) is 24.4. The van der Waals surface area contributed by atoms with Crippen LogP contribution in [0.5, 0.6) is 5.75 Å². The van der Waals surface area contributed by atoms with Crippen LogP contribution in [0.4, 0.5) is 5.82 Å². The van der Waals surface area contributed by atoms with Gasteiger partial charge >= 0.3 is 5.97 Å². The number of carboxylic acid groups (broad SMARTS) is 1. The number of carbonyl (C=O) groups is 1. The topological polar surface area (TPSA) is 169 Å². The lowest BCUT2D eigenvalue weighted by Gasteiger charge is -2.28. The molecule has 1 fully saturated rings. The van der Waals surface area contributed by atoms with Gasteiger partial charge in [0.25, 0.3) is 0 Å². The Kier molecular flexibility index (Phi) is 16.2. The number of nitrogens with zero attached hydrogens (tertiary/aromatic N) is 1. The van der Waals surface area contributed by atoms with E-state index in [4.69, 9.17) is 5.73 Å². The number of nitrogens with one attached hydrogen (secondary N) is 1. The molecule has 4 rings (SSSR count). The fourth-order valence-corrected chi connectivity index (χ4v) is 8.63. The first-order valence-corrected chi connectivity index (χ1v) is 19.7. The number of pyridine rings is 1. The molecule has 9 atom stereocenters. The maximum absolute atomic E-state index is 12.2. The summed E-state index contributed by atoms with van der Waals surface area (Å²) in [4.78, 5) is 16.4. The third-order valence-corrected chi connectivity index (χ3v) is 11.6. The smallest absolute Gasteiger partial charge is 0.309 e. The number of rotatable bonds is 22. The van der Waals surface area contributed by atoms with E-state index in [1.165, 1.54) is 19.3 Å². The predicted octanol–water partition coefficient (Wildman–Crippen LogP) is 6.82. The molecule has 51 heavy (non-hydrogen) atoms. The number of aromatic hydroxyl groups is 1. The van der Waals surface area contributed by atoms with Gasteiger partial charge in [0.15, 0.2) is 0 Å². The van der Waals surface area contributed by atoms with Gasteiger partial charge in [-0.1, -0.05) is 69.7 Å². The molecule has 2 aliphatic rings. The highest BCUT2D eigenvalue weighted by atomic mass is 16.4. The molecule has 0 saturated heterocycles. The van der Waals surface area contributed by atoms with Crippen LogP contribution >= 0.6 is 0 Å². The van der Waals surface area contributed by atoms with Crippen LogP contribution < -0.4 is 11.1 Å². The number of aromatic nitrogens is 1. The minimum atomic E-state index is -1.03. The normalized spacial score (nSPS) is 26.6. The van der Waals surface area contributed by atoms with Crippen molar-refractivity contribution in [2.24, 2.45) is 29.6 Å². The Morgan fingerprint density at radius 3 is 2.53 bits per heavy atom. The summed E-state index contributed by atoms with van der Waals surface area (Å²) in [6.45, 7) is 5.03. The van der Waals surface area contributed by atoms with Gasteiger partial charge < -0.3 is 36.6 Å². The van der Waals surface area contributed by atoms with Crippen molar-refractivity contribution in [1.82, 2.24) is 10.3 Å². The number of hydrogen-bond donors (Lipinski definition) is 7. The number of aliphatic carboxylic acids is 1. The highest BCUT2D eigenvalue weighted by Gasteiger charge is 2.44. The molecule has 1 heterocycles. The fraction of sp³-hybridized carbons (Fsp3) is 0.667. The number of phenols is 1. The molecule has 0 amide bonds. The van der Waals surface area contributed by atoms with Crippen molar-refractivity contribution in [3.63, 3.8) is 0 Å². The monoisotopic (exact) mass is 707 g/mol. The summed E-state index contributed by atoms with van der Waals surface area (Å²) in [5.74, 6) is -0.149. The van der Waals surface area contributed by atoms with Crippen molar-refractivity contribution in [3.8, 4) is 5.75 Å². The molecule has 1 aromatic carbocycles. The number of aliphatic hydroxyl groups is 3. The van der Waals surface area contributed by atoms with E-state index >= 15 is 0 Å². The largest absolute Gasteiger partial charge is 0.508 e. The summed E-state index contributed by atoms with van der Waals surface area (Å²) in [6.07, 6.45) is 17.5. The van der Waals surface area contributed by atoms with E-state index in [1.54, 1.807) is 18.3 Å². The maximum Gasteiger partial charge on any atom is 0.309 e. The minimum Gasteiger partial charge on any atom is -0.508 e. The van der Waals surface area contributed by atoms with Gasteiger partial charge in [0.1, 0.15) is 11.6 Å². The van der Waals surface area contributed by atoms with Gasteiger partial charge in [0, 0.05) is 18.2 Å². The summed E-state index contributed by atoms with van der Waals surface area (Å²) in [5.41, 5.74) is 7.09. The summed E-state index contributed by atoms with van der Waals surface area (Å²) in [7, 11) is 0. The molecule has 0 unspecified atom stereocenters. The zero-order chi connectivity index (χ0) is 36.8. The van der Waals surface area contributed by atoms with E-state index in [2.05, 4.69) is 36.3 Å². The SMILES string of the molecule is CCCCC[C@@H]1C=C[C@@H](CCCCC[C@H](C(=O)O)[C@H](O)CC[C@]2(O)C[C@@H](CN[C@H](C)Cc3cccc(O)c3)[C@H](Cc3ccnc(N)c3)C2)[C@H](O)C1. The molecule has 1 saturated carbocycles. The zero-order valence-electron chi connectivity index (χ0n) is 31.0. The van der Waals surface area contributed by atoms with Crippen LogP contribution in [0.1, 0.15) is 115 Å². The molecule has 9 nitrogen and oxygen atoms in total. The van der Waals surface area contributed by atoms with E-state index in [0.29, 0.717) is 50.4 Å². The van der Waals surface area contributed by atoms with Crippen molar-refractivity contribution >= 4 is 11.8 Å². The van der Waals surface area contributed by atoms with Crippen molar-refractivity contribution in [2.45, 2.75) is 140 Å². The summed E-state index contributed by atoms with van der Waals surface area (Å²) < 4.78 is 0. The van der Waals surface area contributed by atoms with E-state index in [-0.39, 0.29) is 42.1 Å². The van der Waals surface area contributed by atoms with E-state index < -0.39 is 23.6 Å². The van der Waals surface area contributed by atoms with Gasteiger partial charge in [0.05, 0.1) is 23.7 Å². The van der Waals surface area contributed by atoms with Crippen molar-refractivity contribution < 1.29 is 30.3 Å². The predicted molar refractivity (Wildman–Crippen MR) is 203 cm³/mol. The van der Waals surface area contributed by atoms with Gasteiger partial charge in [-0.25, -0.2) is 4.98 Å². The van der Waals surface area contributed by atoms with Crippen molar-refractivity contribution in [2.75, 3.05) is 12.3 Å². The number of hydrogen-bond acceptors (Lipinski definition) is 8. The van der Waals surface area contributed by atoms with Crippen molar-refractivity contribution in [3.05, 3.63) is 65.9 Å². The second-order valence-electron chi connectivity index (χ2n) is 15.9. The number of nitrogens with two attached hydrogens (primary N) is 1. The van der Waals surface area contributed by atoms with Crippen LogP contribution in [-0.2, 0) is 17.6 Å². The highest BCUT2D eigenvalue weighted by molar-refractivity contribution is 5.70. The van der Waals surface area contributed by atoms with E-state index in [1.807, 2.05) is 24.3 Å². The quantitative estimate of drug-likeness (QED) is 0.0513. The Morgan fingerprint density at radius 2 is 1.80 bits per heavy atom. The Morgan fingerprint density at radius 1 is 1.02 bits per heavy atom. The zero-order valence-corrected chi connectivity index (χ0v) is 31.0. The number of nitrogen functional groups attached to an aromatic ring is 1. The van der Waals surface area contributed by atoms with Gasteiger partial charge in [-0.2, -0.15) is 0 Å². The Balaban J connectivity index is 1.25. The number of anilines is 1. The molecule has 2 aliphatic carbocycles. The molecule has 2 aromatic rings. The first kappa shape index (κ1) is 40.8. The average molecular weight is 708 g/mol. The van der Waals surface area contributed by atoms with Crippen LogP contribution in [0.25, 0.3) is 0 Å². The first-order valence-electron chi connectivity index (χ1n) is 19.7. The number of allylic oxidation sites excluding steroid dienone is 1. The van der Waals surface area contributed by atoms with E-state index in [9.17, 15) is 30.3 Å². The van der Waals surface area contributed by atoms with Crippen LogP contribution in [0.2, 0.25) is 0 Å². The Labute approximate surface area is 305 Å². The number of phenolic OH excluding ortho intramolecular Hbond substituents is 1. The number of benzene rings is 1.